The molecule has 0 fully saturated rings. The maximum absolute atomic E-state index is 3.87. The summed E-state index contributed by atoms with van der Waals surface area (Å²) in [5.41, 5.74) is 1.20. The van der Waals surface area contributed by atoms with Crippen LogP contribution in [0.15, 0.2) is 16.9 Å². The minimum absolute atomic E-state index is 0.505. The van der Waals surface area contributed by atoms with Crippen LogP contribution in [0.25, 0.3) is 0 Å². The van der Waals surface area contributed by atoms with Gasteiger partial charge in [-0.15, -0.1) is 5.10 Å². The molecule has 0 radical (unpaired) electrons. The van der Waals surface area contributed by atoms with E-state index in [0.717, 1.165) is 4.60 Å². The number of aromatic nitrogens is 2. The van der Waals surface area contributed by atoms with Crippen LogP contribution in [0.5, 0.6) is 0 Å². The van der Waals surface area contributed by atoms with Gasteiger partial charge in [-0.3, -0.25) is 0 Å². The lowest BCUT2D eigenvalue weighted by molar-refractivity contribution is 0.828. The van der Waals surface area contributed by atoms with Gasteiger partial charge in [0.15, 0.2) is 0 Å². The van der Waals surface area contributed by atoms with Gasteiger partial charge >= 0.3 is 0 Å². The van der Waals surface area contributed by atoms with Crippen LogP contribution in [0.2, 0.25) is 0 Å². The van der Waals surface area contributed by atoms with Crippen molar-refractivity contribution >= 4 is 15.9 Å². The maximum Gasteiger partial charge on any atom is 0.132 e. The molecule has 0 aliphatic heterocycles. The lowest BCUT2D eigenvalue weighted by Gasteiger charge is -2.04. The summed E-state index contributed by atoms with van der Waals surface area (Å²) in [7, 11) is 0. The van der Waals surface area contributed by atoms with E-state index in [2.05, 4.69) is 40.0 Å². The average Bonchev–Trinajstić information content (AvgIpc) is 1.88. The van der Waals surface area contributed by atoms with Crippen molar-refractivity contribution in [3.63, 3.8) is 0 Å². The second-order valence-corrected chi connectivity index (χ2v) is 3.18. The fourth-order valence-corrected chi connectivity index (χ4v) is 1.44. The van der Waals surface area contributed by atoms with E-state index in [9.17, 15) is 0 Å². The van der Waals surface area contributed by atoms with Crippen molar-refractivity contribution in [1.29, 1.82) is 0 Å². The summed E-state index contributed by atoms with van der Waals surface area (Å²) in [5.74, 6) is 0.505. The molecule has 0 spiro atoms. The molecular weight excluding hydrogens is 192 g/mol. The molecule has 0 N–H and O–H groups in total. The van der Waals surface area contributed by atoms with Gasteiger partial charge in [-0.05, 0) is 33.5 Å². The normalized spacial score (nSPS) is 10.4. The Kier molecular flexibility index (Phi) is 2.38. The van der Waals surface area contributed by atoms with E-state index in [-0.39, 0.29) is 0 Å². The van der Waals surface area contributed by atoms with Gasteiger partial charge in [-0.25, -0.2) is 0 Å². The van der Waals surface area contributed by atoms with Crippen LogP contribution < -0.4 is 0 Å². The van der Waals surface area contributed by atoms with Crippen LogP contribution in [0.1, 0.15) is 25.3 Å². The van der Waals surface area contributed by atoms with Crippen LogP contribution in [0.4, 0.5) is 0 Å². The number of nitrogens with zero attached hydrogens (tertiary/aromatic N) is 2. The molecule has 1 aromatic heterocycles. The summed E-state index contributed by atoms with van der Waals surface area (Å²) in [6.45, 7) is 4.25. The van der Waals surface area contributed by atoms with Crippen LogP contribution in [0, 0.1) is 0 Å². The predicted octanol–water partition coefficient (Wildman–Crippen LogP) is 2.36. The number of hydrogen-bond donors (Lipinski definition) is 0. The van der Waals surface area contributed by atoms with Gasteiger partial charge in [0.25, 0.3) is 0 Å². The maximum atomic E-state index is 3.87. The number of halogens is 1. The largest absolute Gasteiger partial charge is 0.158 e. The Morgan fingerprint density at radius 2 is 2.20 bits per heavy atom. The number of rotatable bonds is 1. The number of hydrogen-bond acceptors (Lipinski definition) is 2. The molecule has 1 heterocycles. The third kappa shape index (κ3) is 1.53. The van der Waals surface area contributed by atoms with Crippen molar-refractivity contribution < 1.29 is 0 Å². The summed E-state index contributed by atoms with van der Waals surface area (Å²) >= 11 is 3.32. The van der Waals surface area contributed by atoms with E-state index in [0.29, 0.717) is 5.92 Å². The van der Waals surface area contributed by atoms with Gasteiger partial charge in [0.2, 0.25) is 0 Å². The molecule has 1 rings (SSSR count). The fourth-order valence-electron chi connectivity index (χ4n) is 0.755. The lowest BCUT2D eigenvalue weighted by atomic mass is 10.1. The zero-order chi connectivity index (χ0) is 7.56. The van der Waals surface area contributed by atoms with Gasteiger partial charge < -0.3 is 0 Å². The second kappa shape index (κ2) is 3.10. The van der Waals surface area contributed by atoms with E-state index in [1.165, 1.54) is 5.56 Å². The zero-order valence-electron chi connectivity index (χ0n) is 6.00. The molecule has 0 aliphatic rings. The highest BCUT2D eigenvalue weighted by Crippen LogP contribution is 2.20. The molecule has 0 saturated heterocycles. The average molecular weight is 201 g/mol. The summed E-state index contributed by atoms with van der Waals surface area (Å²) in [6.07, 6.45) is 1.71. The Labute approximate surface area is 68.8 Å². The summed E-state index contributed by atoms with van der Waals surface area (Å²) in [5, 5.41) is 7.60. The smallest absolute Gasteiger partial charge is 0.132 e. The zero-order valence-corrected chi connectivity index (χ0v) is 7.59. The predicted molar refractivity (Wildman–Crippen MR) is 43.8 cm³/mol. The van der Waals surface area contributed by atoms with Crippen LogP contribution in [-0.4, -0.2) is 10.2 Å². The highest BCUT2D eigenvalue weighted by molar-refractivity contribution is 9.10. The molecular formula is C7H9BrN2. The highest BCUT2D eigenvalue weighted by Gasteiger charge is 2.03. The van der Waals surface area contributed by atoms with Crippen molar-refractivity contribution in [2.75, 3.05) is 0 Å². The molecule has 0 bridgehead atoms. The Morgan fingerprint density at radius 3 is 2.60 bits per heavy atom. The van der Waals surface area contributed by atoms with Crippen LogP contribution >= 0.6 is 15.9 Å². The molecule has 54 valence electrons. The first-order chi connectivity index (χ1) is 4.72. The van der Waals surface area contributed by atoms with Crippen molar-refractivity contribution in [2.24, 2.45) is 0 Å². The second-order valence-electron chi connectivity index (χ2n) is 2.43. The van der Waals surface area contributed by atoms with Crippen molar-refractivity contribution in [3.05, 3.63) is 22.4 Å². The Bertz CT molecular complexity index is 223. The fraction of sp³-hybridized carbons (Fsp3) is 0.429. The molecule has 0 aliphatic carbocycles. The van der Waals surface area contributed by atoms with Gasteiger partial charge in [-0.1, -0.05) is 13.8 Å². The van der Waals surface area contributed by atoms with Crippen molar-refractivity contribution in [1.82, 2.24) is 10.2 Å². The monoisotopic (exact) mass is 200 g/mol. The van der Waals surface area contributed by atoms with Crippen molar-refractivity contribution in [2.45, 2.75) is 19.8 Å². The van der Waals surface area contributed by atoms with E-state index in [4.69, 9.17) is 0 Å². The summed E-state index contributed by atoms with van der Waals surface area (Å²) in [6, 6.07) is 1.97. The molecule has 10 heavy (non-hydrogen) atoms. The Balaban J connectivity index is 3.03. The van der Waals surface area contributed by atoms with E-state index in [1.54, 1.807) is 6.20 Å². The summed E-state index contributed by atoms with van der Waals surface area (Å²) in [4.78, 5) is 0. The van der Waals surface area contributed by atoms with E-state index in [1.807, 2.05) is 6.07 Å². The molecule has 0 amide bonds. The van der Waals surface area contributed by atoms with Gasteiger partial charge in [0.1, 0.15) is 4.60 Å². The molecule has 0 unspecified atom stereocenters. The molecule has 3 heteroatoms. The summed E-state index contributed by atoms with van der Waals surface area (Å²) < 4.78 is 0.852. The molecule has 1 aromatic rings. The minimum Gasteiger partial charge on any atom is -0.158 e. The van der Waals surface area contributed by atoms with Crippen molar-refractivity contribution in [3.8, 4) is 0 Å². The molecule has 2 nitrogen and oxygen atoms in total. The van der Waals surface area contributed by atoms with Crippen LogP contribution in [-0.2, 0) is 0 Å². The third-order valence-corrected chi connectivity index (χ3v) is 1.94. The Hall–Kier alpha value is -0.440. The van der Waals surface area contributed by atoms with E-state index >= 15 is 0 Å². The quantitative estimate of drug-likeness (QED) is 0.696. The first-order valence-electron chi connectivity index (χ1n) is 3.19. The molecule has 0 aromatic carbocycles. The first-order valence-corrected chi connectivity index (χ1v) is 3.98. The standard InChI is InChI=1S/C7H9BrN2/c1-5(2)6-3-4-9-10-7(6)8/h3-5H,1-2H3. The highest BCUT2D eigenvalue weighted by atomic mass is 79.9. The van der Waals surface area contributed by atoms with Gasteiger partial charge in [-0.2, -0.15) is 5.10 Å². The van der Waals surface area contributed by atoms with Gasteiger partial charge in [0.05, 0.1) is 0 Å². The SMILES string of the molecule is CC(C)c1ccnnc1Br. The Morgan fingerprint density at radius 1 is 1.50 bits per heavy atom. The lowest BCUT2D eigenvalue weighted by Crippen LogP contribution is -1.92. The van der Waals surface area contributed by atoms with Gasteiger partial charge in [0, 0.05) is 6.20 Å². The van der Waals surface area contributed by atoms with Crippen LogP contribution in [0.3, 0.4) is 0 Å². The molecule has 0 saturated carbocycles. The molecule has 0 atom stereocenters. The third-order valence-electron chi connectivity index (χ3n) is 1.33. The topological polar surface area (TPSA) is 25.8 Å². The minimum atomic E-state index is 0.505. The first kappa shape index (κ1) is 7.66. The van der Waals surface area contributed by atoms with E-state index < -0.39 is 0 Å².